The van der Waals surface area contributed by atoms with Gasteiger partial charge in [0, 0.05) is 28.7 Å². The van der Waals surface area contributed by atoms with Gasteiger partial charge in [0.25, 0.3) is 5.91 Å². The zero-order chi connectivity index (χ0) is 14.0. The van der Waals surface area contributed by atoms with Crippen LogP contribution in [0.2, 0.25) is 0 Å². The van der Waals surface area contributed by atoms with E-state index < -0.39 is 0 Å². The Kier molecular flexibility index (Phi) is 4.31. The molecule has 0 unspecified atom stereocenters. The molecule has 0 spiro atoms. The smallest absolute Gasteiger partial charge is 0.253 e. The fourth-order valence-electron chi connectivity index (χ4n) is 2.50. The third kappa shape index (κ3) is 3.37. The molecular weight excluding hydrogens is 304 g/mol. The average molecular weight is 325 g/mol. The Morgan fingerprint density at radius 3 is 2.47 bits per heavy atom. The van der Waals surface area contributed by atoms with Crippen LogP contribution in [0.15, 0.2) is 22.7 Å². The van der Waals surface area contributed by atoms with Crippen molar-refractivity contribution in [1.82, 2.24) is 10.2 Å². The number of carbonyl (C=O) groups is 1. The van der Waals surface area contributed by atoms with Crippen LogP contribution in [0.4, 0.5) is 0 Å². The lowest BCUT2D eigenvalue weighted by atomic mass is 9.89. The van der Waals surface area contributed by atoms with Gasteiger partial charge in [-0.05, 0) is 57.5 Å². The molecule has 0 radical (unpaired) electrons. The number of hydrogen-bond acceptors (Lipinski definition) is 2. The van der Waals surface area contributed by atoms with Crippen molar-refractivity contribution in [2.45, 2.75) is 32.2 Å². The first-order chi connectivity index (χ1) is 8.93. The molecular formula is C15H21BrN2O. The minimum Gasteiger partial charge on any atom is -0.339 e. The lowest BCUT2D eigenvalue weighted by Crippen LogP contribution is -2.51. The van der Waals surface area contributed by atoms with Crippen LogP contribution in [0.3, 0.4) is 0 Å². The van der Waals surface area contributed by atoms with Crippen molar-refractivity contribution < 1.29 is 4.79 Å². The second-order valence-corrected chi connectivity index (χ2v) is 6.54. The molecule has 0 saturated carbocycles. The maximum Gasteiger partial charge on any atom is 0.253 e. The minimum atomic E-state index is 0.141. The number of piperidine rings is 1. The van der Waals surface area contributed by atoms with Crippen molar-refractivity contribution in [3.63, 3.8) is 0 Å². The maximum absolute atomic E-state index is 12.5. The Balaban J connectivity index is 2.09. The summed E-state index contributed by atoms with van der Waals surface area (Å²) >= 11 is 3.45. The molecule has 1 N–H and O–H groups in total. The van der Waals surface area contributed by atoms with Gasteiger partial charge < -0.3 is 10.2 Å². The van der Waals surface area contributed by atoms with Crippen LogP contribution in [0, 0.1) is 6.92 Å². The topological polar surface area (TPSA) is 32.3 Å². The number of rotatable bonds is 2. The third-order valence-corrected chi connectivity index (χ3v) is 4.50. The summed E-state index contributed by atoms with van der Waals surface area (Å²) in [4.78, 5) is 14.4. The number of carbonyl (C=O) groups excluding carboxylic acids is 1. The van der Waals surface area contributed by atoms with Crippen LogP contribution >= 0.6 is 15.9 Å². The van der Waals surface area contributed by atoms with Crippen molar-refractivity contribution >= 4 is 21.8 Å². The molecule has 1 saturated heterocycles. The van der Waals surface area contributed by atoms with Gasteiger partial charge in [0.2, 0.25) is 0 Å². The zero-order valence-electron chi connectivity index (χ0n) is 11.8. The van der Waals surface area contributed by atoms with Crippen molar-refractivity contribution in [3.05, 3.63) is 33.8 Å². The van der Waals surface area contributed by atoms with E-state index in [-0.39, 0.29) is 11.4 Å². The summed E-state index contributed by atoms with van der Waals surface area (Å²) in [6, 6.07) is 5.88. The monoisotopic (exact) mass is 324 g/mol. The van der Waals surface area contributed by atoms with Crippen molar-refractivity contribution in [2.24, 2.45) is 0 Å². The number of likely N-dealkylation sites (tertiary alicyclic amines) is 1. The van der Waals surface area contributed by atoms with Gasteiger partial charge in [-0.1, -0.05) is 15.9 Å². The van der Waals surface area contributed by atoms with Crippen LogP contribution in [-0.4, -0.2) is 36.5 Å². The third-order valence-electron chi connectivity index (χ3n) is 4.05. The van der Waals surface area contributed by atoms with E-state index >= 15 is 0 Å². The summed E-state index contributed by atoms with van der Waals surface area (Å²) < 4.78 is 0.966. The van der Waals surface area contributed by atoms with Gasteiger partial charge in [0.15, 0.2) is 0 Å². The van der Waals surface area contributed by atoms with E-state index in [9.17, 15) is 4.79 Å². The Morgan fingerprint density at radius 2 is 1.95 bits per heavy atom. The maximum atomic E-state index is 12.5. The molecule has 1 aromatic carbocycles. The summed E-state index contributed by atoms with van der Waals surface area (Å²) in [5.74, 6) is 0.141. The van der Waals surface area contributed by atoms with Crippen LogP contribution in [0.25, 0.3) is 0 Å². The largest absolute Gasteiger partial charge is 0.339 e. The molecule has 19 heavy (non-hydrogen) atoms. The first-order valence-corrected chi connectivity index (χ1v) is 7.48. The normalized spacial score (nSPS) is 18.4. The summed E-state index contributed by atoms with van der Waals surface area (Å²) in [5, 5.41) is 3.35. The second-order valence-electron chi connectivity index (χ2n) is 5.62. The molecule has 1 heterocycles. The molecule has 3 nitrogen and oxygen atoms in total. The van der Waals surface area contributed by atoms with Crippen molar-refractivity contribution in [1.29, 1.82) is 0 Å². The molecule has 4 heteroatoms. The summed E-state index contributed by atoms with van der Waals surface area (Å²) in [7, 11) is 2.00. The summed E-state index contributed by atoms with van der Waals surface area (Å²) in [5.41, 5.74) is 2.05. The van der Waals surface area contributed by atoms with Crippen LogP contribution < -0.4 is 5.32 Å². The molecule has 1 aliphatic rings. The van der Waals surface area contributed by atoms with E-state index in [4.69, 9.17) is 0 Å². The van der Waals surface area contributed by atoms with E-state index in [0.717, 1.165) is 41.5 Å². The highest BCUT2D eigenvalue weighted by Gasteiger charge is 2.30. The van der Waals surface area contributed by atoms with E-state index in [2.05, 4.69) is 28.2 Å². The highest BCUT2D eigenvalue weighted by Crippen LogP contribution is 2.23. The molecule has 0 atom stereocenters. The lowest BCUT2D eigenvalue weighted by Gasteiger charge is -2.39. The van der Waals surface area contributed by atoms with Crippen molar-refractivity contribution in [2.75, 3.05) is 20.1 Å². The average Bonchev–Trinajstić information content (AvgIpc) is 2.38. The van der Waals surface area contributed by atoms with Crippen LogP contribution in [0.1, 0.15) is 35.7 Å². The molecule has 104 valence electrons. The Bertz CT molecular complexity index is 459. The van der Waals surface area contributed by atoms with E-state index in [1.54, 1.807) is 0 Å². The SMILES string of the molecule is CNC1(C)CCN(C(=O)c2cc(C)cc(Br)c2)CC1. The standard InChI is InChI=1S/C15H21BrN2O/c1-11-8-12(10-13(16)9-11)14(19)18-6-4-15(2,17-3)5-7-18/h8-10,17H,4-7H2,1-3H3. The predicted octanol–water partition coefficient (Wildman–Crippen LogP) is 2.97. The quantitative estimate of drug-likeness (QED) is 0.907. The second kappa shape index (κ2) is 5.63. The first kappa shape index (κ1) is 14.5. The van der Waals surface area contributed by atoms with E-state index in [1.807, 2.05) is 37.1 Å². The number of amides is 1. The number of nitrogens with one attached hydrogen (secondary N) is 1. The molecule has 1 aromatic rings. The van der Waals surface area contributed by atoms with Gasteiger partial charge in [-0.3, -0.25) is 4.79 Å². The summed E-state index contributed by atoms with van der Waals surface area (Å²) in [6.45, 7) is 5.87. The molecule has 0 bridgehead atoms. The highest BCUT2D eigenvalue weighted by atomic mass is 79.9. The number of nitrogens with zero attached hydrogens (tertiary/aromatic N) is 1. The fourth-order valence-corrected chi connectivity index (χ4v) is 3.10. The predicted molar refractivity (Wildman–Crippen MR) is 81.5 cm³/mol. The molecule has 1 aliphatic heterocycles. The fraction of sp³-hybridized carbons (Fsp3) is 0.533. The minimum absolute atomic E-state index is 0.141. The Labute approximate surface area is 123 Å². The van der Waals surface area contributed by atoms with E-state index in [1.165, 1.54) is 0 Å². The van der Waals surface area contributed by atoms with Gasteiger partial charge in [-0.25, -0.2) is 0 Å². The van der Waals surface area contributed by atoms with Gasteiger partial charge >= 0.3 is 0 Å². The van der Waals surface area contributed by atoms with Gasteiger partial charge in [-0.15, -0.1) is 0 Å². The molecule has 0 aliphatic carbocycles. The van der Waals surface area contributed by atoms with Gasteiger partial charge in [0.1, 0.15) is 0 Å². The molecule has 2 rings (SSSR count). The first-order valence-electron chi connectivity index (χ1n) is 6.69. The molecule has 1 amide bonds. The molecule has 0 aromatic heterocycles. The van der Waals surface area contributed by atoms with Crippen LogP contribution in [-0.2, 0) is 0 Å². The lowest BCUT2D eigenvalue weighted by molar-refractivity contribution is 0.0661. The number of hydrogen-bond donors (Lipinski definition) is 1. The molecule has 1 fully saturated rings. The number of benzene rings is 1. The van der Waals surface area contributed by atoms with Crippen LogP contribution in [0.5, 0.6) is 0 Å². The number of halogens is 1. The number of aryl methyl sites for hydroxylation is 1. The zero-order valence-corrected chi connectivity index (χ0v) is 13.4. The van der Waals surface area contributed by atoms with Gasteiger partial charge in [-0.2, -0.15) is 0 Å². The van der Waals surface area contributed by atoms with Crippen molar-refractivity contribution in [3.8, 4) is 0 Å². The Morgan fingerprint density at radius 1 is 1.32 bits per heavy atom. The van der Waals surface area contributed by atoms with Gasteiger partial charge in [0.05, 0.1) is 0 Å². The van der Waals surface area contributed by atoms with E-state index in [0.29, 0.717) is 0 Å². The summed E-state index contributed by atoms with van der Waals surface area (Å²) in [6.07, 6.45) is 2.00. The highest BCUT2D eigenvalue weighted by molar-refractivity contribution is 9.10. The Hall–Kier alpha value is -0.870.